The van der Waals surface area contributed by atoms with E-state index in [1.54, 1.807) is 17.5 Å². The number of carbonyl (C=O) groups is 1. The molecule has 2 unspecified atom stereocenters. The van der Waals surface area contributed by atoms with Gasteiger partial charge in [-0.05, 0) is 36.3 Å². The molecule has 0 radical (unpaired) electrons. The Labute approximate surface area is 139 Å². The first kappa shape index (κ1) is 14.9. The highest BCUT2D eigenvalue weighted by Crippen LogP contribution is 2.34. The van der Waals surface area contributed by atoms with E-state index < -0.39 is 0 Å². The highest BCUT2D eigenvalue weighted by Gasteiger charge is 2.29. The van der Waals surface area contributed by atoms with E-state index in [1.807, 2.05) is 17.4 Å². The van der Waals surface area contributed by atoms with Crippen LogP contribution in [0, 0.1) is 0 Å². The number of thiophene rings is 1. The molecule has 0 aromatic carbocycles. The van der Waals surface area contributed by atoms with Crippen molar-refractivity contribution in [3.63, 3.8) is 0 Å². The quantitative estimate of drug-likeness (QED) is 0.869. The molecule has 1 amide bonds. The van der Waals surface area contributed by atoms with E-state index in [4.69, 9.17) is 4.74 Å². The molecule has 2 aromatic rings. The molecule has 122 valence electrons. The second kappa shape index (κ2) is 6.45. The molecule has 0 spiro atoms. The van der Waals surface area contributed by atoms with Crippen LogP contribution >= 0.6 is 11.3 Å². The summed E-state index contributed by atoms with van der Waals surface area (Å²) in [5.41, 5.74) is 1.36. The van der Waals surface area contributed by atoms with Gasteiger partial charge in [0.05, 0.1) is 25.4 Å². The molecule has 1 saturated heterocycles. The first-order chi connectivity index (χ1) is 11.3. The van der Waals surface area contributed by atoms with Crippen LogP contribution in [0.2, 0.25) is 0 Å². The Kier molecular flexibility index (Phi) is 4.18. The summed E-state index contributed by atoms with van der Waals surface area (Å²) in [4.78, 5) is 20.1. The fraction of sp³-hybridized carbons (Fsp3) is 0.529. The standard InChI is InChI=1S/C17H21N3O2S/c21-16(10-15-17-13(3-8-22-15)4-9-23-17)19-6-1-2-14(11-19)20-7-5-18-12-20/h4-5,7,9,12,14-15H,1-3,6,8,10-11H2. The summed E-state index contributed by atoms with van der Waals surface area (Å²) >= 11 is 1.71. The number of likely N-dealkylation sites (tertiary alicyclic amines) is 1. The molecule has 0 N–H and O–H groups in total. The zero-order chi connectivity index (χ0) is 15.6. The topological polar surface area (TPSA) is 47.4 Å². The van der Waals surface area contributed by atoms with Gasteiger partial charge in [-0.25, -0.2) is 4.98 Å². The van der Waals surface area contributed by atoms with E-state index in [1.165, 1.54) is 10.4 Å². The Morgan fingerprint density at radius 1 is 1.48 bits per heavy atom. The molecule has 0 aliphatic carbocycles. The third-order valence-electron chi connectivity index (χ3n) is 4.82. The van der Waals surface area contributed by atoms with E-state index in [2.05, 4.69) is 21.0 Å². The zero-order valence-electron chi connectivity index (χ0n) is 13.1. The smallest absolute Gasteiger partial charge is 0.225 e. The number of rotatable bonds is 3. The molecule has 0 bridgehead atoms. The Hall–Kier alpha value is -1.66. The summed E-state index contributed by atoms with van der Waals surface area (Å²) in [5, 5.41) is 2.10. The van der Waals surface area contributed by atoms with Gasteiger partial charge in [-0.15, -0.1) is 11.3 Å². The largest absolute Gasteiger partial charge is 0.372 e. The van der Waals surface area contributed by atoms with E-state index in [-0.39, 0.29) is 12.0 Å². The number of piperidine rings is 1. The van der Waals surface area contributed by atoms with Gasteiger partial charge in [-0.1, -0.05) is 0 Å². The average Bonchev–Trinajstić information content (AvgIpc) is 3.27. The van der Waals surface area contributed by atoms with Gasteiger partial charge in [-0.3, -0.25) is 4.79 Å². The summed E-state index contributed by atoms with van der Waals surface area (Å²) in [6.45, 7) is 2.35. The minimum Gasteiger partial charge on any atom is -0.372 e. The summed E-state index contributed by atoms with van der Waals surface area (Å²) in [6, 6.07) is 2.51. The van der Waals surface area contributed by atoms with Crippen LogP contribution in [-0.2, 0) is 16.0 Å². The van der Waals surface area contributed by atoms with Crippen LogP contribution in [0.4, 0.5) is 0 Å². The summed E-state index contributed by atoms with van der Waals surface area (Å²) < 4.78 is 7.99. The molecule has 2 aromatic heterocycles. The predicted molar refractivity (Wildman–Crippen MR) is 88.4 cm³/mol. The van der Waals surface area contributed by atoms with Crippen LogP contribution in [0.15, 0.2) is 30.2 Å². The fourth-order valence-electron chi connectivity index (χ4n) is 3.57. The van der Waals surface area contributed by atoms with Gasteiger partial charge < -0.3 is 14.2 Å². The Bertz CT molecular complexity index is 667. The molecule has 4 heterocycles. The van der Waals surface area contributed by atoms with Gasteiger partial charge in [0.25, 0.3) is 0 Å². The first-order valence-corrected chi connectivity index (χ1v) is 9.12. The number of hydrogen-bond donors (Lipinski definition) is 0. The van der Waals surface area contributed by atoms with Gasteiger partial charge >= 0.3 is 0 Å². The van der Waals surface area contributed by atoms with Gasteiger partial charge in [0, 0.05) is 30.4 Å². The molecule has 2 atom stereocenters. The maximum atomic E-state index is 12.7. The third-order valence-corrected chi connectivity index (χ3v) is 5.87. The third kappa shape index (κ3) is 3.05. The molecule has 23 heavy (non-hydrogen) atoms. The highest BCUT2D eigenvalue weighted by atomic mass is 32.1. The summed E-state index contributed by atoms with van der Waals surface area (Å²) in [7, 11) is 0. The number of fused-ring (bicyclic) bond motifs is 1. The number of aromatic nitrogens is 2. The Balaban J connectivity index is 1.42. The van der Waals surface area contributed by atoms with Crippen LogP contribution in [0.25, 0.3) is 0 Å². The van der Waals surface area contributed by atoms with E-state index >= 15 is 0 Å². The lowest BCUT2D eigenvalue weighted by atomic mass is 10.0. The highest BCUT2D eigenvalue weighted by molar-refractivity contribution is 7.10. The SMILES string of the molecule is O=C(CC1OCCc2ccsc21)N1CCCC(n2ccnc2)C1. The van der Waals surface area contributed by atoms with Gasteiger partial charge in [-0.2, -0.15) is 0 Å². The zero-order valence-corrected chi connectivity index (χ0v) is 13.9. The number of imidazole rings is 1. The van der Waals surface area contributed by atoms with Gasteiger partial charge in [0.2, 0.25) is 5.91 Å². The van der Waals surface area contributed by atoms with Crippen molar-refractivity contribution in [1.29, 1.82) is 0 Å². The fourth-order valence-corrected chi connectivity index (χ4v) is 4.58. The van der Waals surface area contributed by atoms with E-state index in [0.29, 0.717) is 12.5 Å². The van der Waals surface area contributed by atoms with E-state index in [0.717, 1.165) is 39.0 Å². The van der Waals surface area contributed by atoms with Crippen molar-refractivity contribution in [2.45, 2.75) is 37.8 Å². The molecule has 0 saturated carbocycles. The second-order valence-corrected chi connectivity index (χ2v) is 7.22. The number of ether oxygens (including phenoxy) is 1. The van der Waals surface area contributed by atoms with Crippen LogP contribution in [-0.4, -0.2) is 40.1 Å². The molecule has 6 heteroatoms. The Morgan fingerprint density at radius 3 is 3.30 bits per heavy atom. The predicted octanol–water partition coefficient (Wildman–Crippen LogP) is 2.81. The van der Waals surface area contributed by atoms with Crippen LogP contribution in [0.1, 0.15) is 41.8 Å². The normalized spacial score (nSPS) is 24.4. The van der Waals surface area contributed by atoms with Crippen LogP contribution in [0.5, 0.6) is 0 Å². The summed E-state index contributed by atoms with van der Waals surface area (Å²) in [5.74, 6) is 0.209. The lowest BCUT2D eigenvalue weighted by Crippen LogP contribution is -2.41. The minimum atomic E-state index is -0.0557. The molecule has 4 rings (SSSR count). The van der Waals surface area contributed by atoms with Crippen LogP contribution < -0.4 is 0 Å². The Morgan fingerprint density at radius 2 is 2.43 bits per heavy atom. The van der Waals surface area contributed by atoms with Crippen molar-refractivity contribution in [1.82, 2.24) is 14.5 Å². The molecule has 2 aliphatic heterocycles. The van der Waals surface area contributed by atoms with Crippen molar-refractivity contribution in [2.75, 3.05) is 19.7 Å². The van der Waals surface area contributed by atoms with Gasteiger partial charge in [0.15, 0.2) is 0 Å². The van der Waals surface area contributed by atoms with Crippen molar-refractivity contribution in [2.24, 2.45) is 0 Å². The molecular formula is C17H21N3O2S. The first-order valence-electron chi connectivity index (χ1n) is 8.24. The maximum absolute atomic E-state index is 12.7. The average molecular weight is 331 g/mol. The van der Waals surface area contributed by atoms with Crippen molar-refractivity contribution < 1.29 is 9.53 Å². The molecule has 2 aliphatic rings. The van der Waals surface area contributed by atoms with Gasteiger partial charge in [0.1, 0.15) is 6.10 Å². The number of carbonyl (C=O) groups excluding carboxylic acids is 1. The molecule has 5 nitrogen and oxygen atoms in total. The van der Waals surface area contributed by atoms with Crippen molar-refractivity contribution in [3.8, 4) is 0 Å². The van der Waals surface area contributed by atoms with Crippen molar-refractivity contribution in [3.05, 3.63) is 40.6 Å². The summed E-state index contributed by atoms with van der Waals surface area (Å²) in [6.07, 6.45) is 9.16. The monoisotopic (exact) mass is 331 g/mol. The lowest BCUT2D eigenvalue weighted by Gasteiger charge is -2.34. The van der Waals surface area contributed by atoms with E-state index in [9.17, 15) is 4.79 Å². The second-order valence-electron chi connectivity index (χ2n) is 6.27. The van der Waals surface area contributed by atoms with Crippen molar-refractivity contribution >= 4 is 17.2 Å². The van der Waals surface area contributed by atoms with Crippen LogP contribution in [0.3, 0.4) is 0 Å². The lowest BCUT2D eigenvalue weighted by molar-refractivity contribution is -0.136. The number of amides is 1. The molecular weight excluding hydrogens is 310 g/mol. The maximum Gasteiger partial charge on any atom is 0.225 e. The number of hydrogen-bond acceptors (Lipinski definition) is 4. The molecule has 1 fully saturated rings. The minimum absolute atomic E-state index is 0.0557. The number of nitrogens with zero attached hydrogens (tertiary/aromatic N) is 3.